The van der Waals surface area contributed by atoms with Gasteiger partial charge in [0.05, 0.1) is 17.8 Å². The molecule has 172 valence electrons. The fourth-order valence-electron chi connectivity index (χ4n) is 3.80. The van der Waals surface area contributed by atoms with Crippen LogP contribution in [-0.2, 0) is 13.0 Å². The molecule has 0 bridgehead atoms. The van der Waals surface area contributed by atoms with Crippen LogP contribution in [0.1, 0.15) is 44.7 Å². The molecule has 34 heavy (non-hydrogen) atoms. The van der Waals surface area contributed by atoms with E-state index < -0.39 is 0 Å². The third-order valence-electron chi connectivity index (χ3n) is 5.84. The van der Waals surface area contributed by atoms with E-state index in [1.54, 1.807) is 10.9 Å². The number of rotatable bonds is 8. The predicted octanol–water partition coefficient (Wildman–Crippen LogP) is 3.75. The van der Waals surface area contributed by atoms with Gasteiger partial charge in [0.25, 0.3) is 5.91 Å². The SMILES string of the molecule is Cc1ccc(-c2nn(Cc3ccccc3)cc2C(=O)NCCCc2[nH]nc(N)c2C#N)cc1C. The second-order valence-electron chi connectivity index (χ2n) is 8.31. The molecule has 0 aliphatic rings. The van der Waals surface area contributed by atoms with E-state index in [4.69, 9.17) is 10.8 Å². The zero-order valence-corrected chi connectivity index (χ0v) is 19.3. The third-order valence-corrected chi connectivity index (χ3v) is 5.84. The normalized spacial score (nSPS) is 10.7. The summed E-state index contributed by atoms with van der Waals surface area (Å²) in [6.45, 7) is 5.13. The highest BCUT2D eigenvalue weighted by molar-refractivity contribution is 5.99. The molecule has 2 aromatic heterocycles. The van der Waals surface area contributed by atoms with Crippen molar-refractivity contribution in [3.05, 3.63) is 88.2 Å². The summed E-state index contributed by atoms with van der Waals surface area (Å²) in [5, 5.41) is 23.6. The zero-order chi connectivity index (χ0) is 24.1. The number of amides is 1. The Hall–Kier alpha value is -4.38. The molecule has 1 amide bonds. The minimum atomic E-state index is -0.183. The number of nitrogens with zero attached hydrogens (tertiary/aromatic N) is 4. The van der Waals surface area contributed by atoms with E-state index in [-0.39, 0.29) is 11.7 Å². The molecule has 4 N–H and O–H groups in total. The molecular formula is C26H27N7O. The van der Waals surface area contributed by atoms with Gasteiger partial charge in [-0.15, -0.1) is 0 Å². The van der Waals surface area contributed by atoms with Crippen molar-refractivity contribution in [1.29, 1.82) is 5.26 Å². The summed E-state index contributed by atoms with van der Waals surface area (Å²) >= 11 is 0. The lowest BCUT2D eigenvalue weighted by Crippen LogP contribution is -2.25. The molecule has 2 heterocycles. The lowest BCUT2D eigenvalue weighted by atomic mass is 10.0. The molecule has 0 radical (unpaired) electrons. The van der Waals surface area contributed by atoms with E-state index in [2.05, 4.69) is 41.5 Å². The zero-order valence-electron chi connectivity index (χ0n) is 19.3. The number of carbonyl (C=O) groups excluding carboxylic acids is 1. The van der Waals surface area contributed by atoms with Crippen molar-refractivity contribution in [2.75, 3.05) is 12.3 Å². The number of nitrogens with one attached hydrogen (secondary N) is 2. The smallest absolute Gasteiger partial charge is 0.255 e. The van der Waals surface area contributed by atoms with Gasteiger partial charge < -0.3 is 11.1 Å². The number of aromatic nitrogens is 4. The van der Waals surface area contributed by atoms with Gasteiger partial charge in [-0.05, 0) is 49.4 Å². The molecule has 0 fully saturated rings. The van der Waals surface area contributed by atoms with Crippen LogP contribution in [0.15, 0.2) is 54.7 Å². The first-order valence-corrected chi connectivity index (χ1v) is 11.2. The fourth-order valence-corrected chi connectivity index (χ4v) is 3.80. The maximum absolute atomic E-state index is 13.1. The van der Waals surface area contributed by atoms with Gasteiger partial charge in [-0.25, -0.2) is 0 Å². The van der Waals surface area contributed by atoms with Crippen molar-refractivity contribution < 1.29 is 4.79 Å². The Balaban J connectivity index is 1.51. The monoisotopic (exact) mass is 453 g/mol. The first-order chi connectivity index (χ1) is 16.5. The molecule has 2 aromatic carbocycles. The van der Waals surface area contributed by atoms with Gasteiger partial charge >= 0.3 is 0 Å². The van der Waals surface area contributed by atoms with E-state index in [0.717, 1.165) is 16.7 Å². The molecule has 0 saturated heterocycles. The molecular weight excluding hydrogens is 426 g/mol. The van der Waals surface area contributed by atoms with Crippen molar-refractivity contribution in [3.8, 4) is 17.3 Å². The summed E-state index contributed by atoms with van der Waals surface area (Å²) in [6.07, 6.45) is 3.00. The molecule has 0 saturated carbocycles. The Bertz CT molecular complexity index is 1350. The predicted molar refractivity (Wildman–Crippen MR) is 131 cm³/mol. The third kappa shape index (κ3) is 4.99. The maximum Gasteiger partial charge on any atom is 0.255 e. The summed E-state index contributed by atoms with van der Waals surface area (Å²) in [5.74, 6) is 0.0163. The largest absolute Gasteiger partial charge is 0.381 e. The van der Waals surface area contributed by atoms with E-state index >= 15 is 0 Å². The highest BCUT2D eigenvalue weighted by Crippen LogP contribution is 2.25. The first-order valence-electron chi connectivity index (χ1n) is 11.2. The van der Waals surface area contributed by atoms with Crippen LogP contribution >= 0.6 is 0 Å². The van der Waals surface area contributed by atoms with Crippen LogP contribution in [0.3, 0.4) is 0 Å². The Morgan fingerprint density at radius 2 is 1.97 bits per heavy atom. The number of H-pyrrole nitrogens is 1. The number of benzene rings is 2. The van der Waals surface area contributed by atoms with Gasteiger partial charge in [0.1, 0.15) is 17.3 Å². The minimum Gasteiger partial charge on any atom is -0.381 e. The van der Waals surface area contributed by atoms with Crippen LogP contribution in [0.2, 0.25) is 0 Å². The topological polar surface area (TPSA) is 125 Å². The highest BCUT2D eigenvalue weighted by atomic mass is 16.1. The van der Waals surface area contributed by atoms with E-state index in [0.29, 0.717) is 48.4 Å². The van der Waals surface area contributed by atoms with Crippen LogP contribution in [0.4, 0.5) is 5.82 Å². The van der Waals surface area contributed by atoms with Crippen LogP contribution in [0.25, 0.3) is 11.3 Å². The summed E-state index contributed by atoms with van der Waals surface area (Å²) in [6, 6.07) is 18.2. The van der Waals surface area contributed by atoms with Crippen LogP contribution < -0.4 is 11.1 Å². The molecule has 0 unspecified atom stereocenters. The molecule has 8 nitrogen and oxygen atoms in total. The Morgan fingerprint density at radius 1 is 1.18 bits per heavy atom. The fraction of sp³-hybridized carbons (Fsp3) is 0.231. The molecule has 4 aromatic rings. The van der Waals surface area contributed by atoms with Gasteiger partial charge in [0.15, 0.2) is 5.82 Å². The summed E-state index contributed by atoms with van der Waals surface area (Å²) in [5.41, 5.74) is 12.3. The molecule has 0 aliphatic heterocycles. The number of aromatic amines is 1. The summed E-state index contributed by atoms with van der Waals surface area (Å²) in [7, 11) is 0. The lowest BCUT2D eigenvalue weighted by molar-refractivity contribution is 0.0953. The number of nitrogens with two attached hydrogens (primary N) is 1. The van der Waals surface area contributed by atoms with Crippen LogP contribution in [-0.4, -0.2) is 32.4 Å². The van der Waals surface area contributed by atoms with Gasteiger partial charge in [-0.2, -0.15) is 15.5 Å². The molecule has 0 aliphatic carbocycles. The molecule has 4 rings (SSSR count). The number of aryl methyl sites for hydroxylation is 3. The molecule has 8 heteroatoms. The maximum atomic E-state index is 13.1. The number of carbonyl (C=O) groups is 1. The second kappa shape index (κ2) is 10.0. The van der Waals surface area contributed by atoms with Gasteiger partial charge in [0.2, 0.25) is 0 Å². The van der Waals surface area contributed by atoms with Crippen molar-refractivity contribution in [1.82, 2.24) is 25.3 Å². The molecule has 0 atom stereocenters. The van der Waals surface area contributed by atoms with Crippen molar-refractivity contribution >= 4 is 11.7 Å². The average Bonchev–Trinajstić information content (AvgIpc) is 3.42. The van der Waals surface area contributed by atoms with Crippen molar-refractivity contribution in [2.24, 2.45) is 0 Å². The number of nitrogen functional groups attached to an aromatic ring is 1. The van der Waals surface area contributed by atoms with Gasteiger partial charge in [-0.1, -0.05) is 42.5 Å². The Morgan fingerprint density at radius 3 is 2.71 bits per heavy atom. The summed E-state index contributed by atoms with van der Waals surface area (Å²) < 4.78 is 1.81. The average molecular weight is 454 g/mol. The quantitative estimate of drug-likeness (QED) is 0.350. The number of hydrogen-bond donors (Lipinski definition) is 3. The second-order valence-corrected chi connectivity index (χ2v) is 8.31. The van der Waals surface area contributed by atoms with E-state index in [1.165, 1.54) is 5.56 Å². The summed E-state index contributed by atoms with van der Waals surface area (Å²) in [4.78, 5) is 13.1. The lowest BCUT2D eigenvalue weighted by Gasteiger charge is -2.07. The van der Waals surface area contributed by atoms with Crippen LogP contribution in [0.5, 0.6) is 0 Å². The number of hydrogen-bond acceptors (Lipinski definition) is 5. The van der Waals surface area contributed by atoms with E-state index in [9.17, 15) is 10.1 Å². The first kappa shape index (κ1) is 22.8. The molecule has 0 spiro atoms. The standard InChI is InChI=1S/C26H27N7O/c1-17-10-11-20(13-18(17)2)24-22(16-33(32-24)15-19-7-4-3-5-8-19)26(34)29-12-6-9-23-21(14-27)25(28)31-30-23/h3-5,7-8,10-11,13,16H,6,9,12,15H2,1-2H3,(H,29,34)(H3,28,30,31). The number of anilines is 1. The van der Waals surface area contributed by atoms with Gasteiger partial charge in [0, 0.05) is 18.3 Å². The number of nitriles is 1. The Kier molecular flexibility index (Phi) is 6.74. The van der Waals surface area contributed by atoms with Gasteiger partial charge in [-0.3, -0.25) is 14.6 Å². The van der Waals surface area contributed by atoms with Crippen LogP contribution in [0, 0.1) is 25.2 Å². The van der Waals surface area contributed by atoms with E-state index in [1.807, 2.05) is 42.5 Å². The highest BCUT2D eigenvalue weighted by Gasteiger charge is 2.19. The van der Waals surface area contributed by atoms with Crippen molar-refractivity contribution in [3.63, 3.8) is 0 Å². The Labute approximate surface area is 198 Å². The minimum absolute atomic E-state index is 0.183. The van der Waals surface area contributed by atoms with Crippen molar-refractivity contribution in [2.45, 2.75) is 33.2 Å².